The maximum Gasteiger partial charge on any atom is 0.329 e. The number of carbonyl (C=O) groups excluding carboxylic acids is 1. The Hall–Kier alpha value is -0.880. The highest BCUT2D eigenvalue weighted by molar-refractivity contribution is 9.10. The van der Waals surface area contributed by atoms with Gasteiger partial charge in [0.05, 0.1) is 4.88 Å². The van der Waals surface area contributed by atoms with Crippen LogP contribution in [0.2, 0.25) is 0 Å². The van der Waals surface area contributed by atoms with Gasteiger partial charge in [0.15, 0.2) is 0 Å². The van der Waals surface area contributed by atoms with E-state index in [1.807, 2.05) is 5.38 Å². The second-order valence-electron chi connectivity index (χ2n) is 4.89. The fourth-order valence-electron chi connectivity index (χ4n) is 2.61. The lowest BCUT2D eigenvalue weighted by molar-refractivity contribution is -0.151. The molecule has 0 aromatic carbocycles. The third kappa shape index (κ3) is 2.69. The summed E-state index contributed by atoms with van der Waals surface area (Å²) in [4.78, 5) is 26.1. The van der Waals surface area contributed by atoms with Gasteiger partial charge in [-0.2, -0.15) is 0 Å². The summed E-state index contributed by atoms with van der Waals surface area (Å²) >= 11 is 4.64. The number of aliphatic carboxylic acids is 1. The third-order valence-electron chi connectivity index (χ3n) is 3.80. The molecule has 1 heterocycles. The van der Waals surface area contributed by atoms with Gasteiger partial charge < -0.3 is 10.0 Å². The van der Waals surface area contributed by atoms with Gasteiger partial charge in [-0.05, 0) is 34.8 Å². The minimum atomic E-state index is -1.04. The van der Waals surface area contributed by atoms with Crippen LogP contribution in [-0.4, -0.2) is 34.5 Å². The molecule has 4 nitrogen and oxygen atoms in total. The van der Waals surface area contributed by atoms with E-state index in [1.54, 1.807) is 13.1 Å². The molecule has 0 bridgehead atoms. The molecular formula is C13H16BrNO3S. The molecular weight excluding hydrogens is 330 g/mol. The van der Waals surface area contributed by atoms with Crippen molar-refractivity contribution in [1.29, 1.82) is 0 Å². The van der Waals surface area contributed by atoms with Crippen LogP contribution >= 0.6 is 27.3 Å². The first-order valence-corrected chi connectivity index (χ1v) is 7.90. The number of carboxylic acid groups (broad SMARTS) is 1. The standard InChI is InChI=1S/C13H16BrNO3S/c1-15(11(16)10-7-9(14)8-19-10)13(12(17)18)5-3-2-4-6-13/h7-8H,2-6H2,1H3,(H,17,18). The van der Waals surface area contributed by atoms with Crippen LogP contribution in [0.5, 0.6) is 0 Å². The summed E-state index contributed by atoms with van der Waals surface area (Å²) in [5.41, 5.74) is -1.04. The highest BCUT2D eigenvalue weighted by Crippen LogP contribution is 2.35. The van der Waals surface area contributed by atoms with Crippen molar-refractivity contribution in [3.05, 3.63) is 20.8 Å². The number of hydrogen-bond acceptors (Lipinski definition) is 3. The van der Waals surface area contributed by atoms with Crippen molar-refractivity contribution in [3.63, 3.8) is 0 Å². The van der Waals surface area contributed by atoms with Gasteiger partial charge >= 0.3 is 5.97 Å². The highest BCUT2D eigenvalue weighted by Gasteiger charge is 2.45. The van der Waals surface area contributed by atoms with Gasteiger partial charge in [-0.1, -0.05) is 19.3 Å². The van der Waals surface area contributed by atoms with E-state index >= 15 is 0 Å². The second kappa shape index (κ2) is 5.63. The van der Waals surface area contributed by atoms with Crippen molar-refractivity contribution in [3.8, 4) is 0 Å². The quantitative estimate of drug-likeness (QED) is 0.913. The summed E-state index contributed by atoms with van der Waals surface area (Å²) in [6.45, 7) is 0. The fourth-order valence-corrected chi connectivity index (χ4v) is 4.02. The SMILES string of the molecule is CN(C(=O)c1cc(Br)cs1)C1(C(=O)O)CCCCC1. The molecule has 0 unspecified atom stereocenters. The summed E-state index contributed by atoms with van der Waals surface area (Å²) < 4.78 is 0.849. The monoisotopic (exact) mass is 345 g/mol. The number of halogens is 1. The summed E-state index contributed by atoms with van der Waals surface area (Å²) in [5.74, 6) is -1.10. The van der Waals surface area contributed by atoms with E-state index in [0.717, 1.165) is 23.7 Å². The number of rotatable bonds is 3. The summed E-state index contributed by atoms with van der Waals surface area (Å²) in [6, 6.07) is 1.74. The third-order valence-corrected chi connectivity index (χ3v) is 5.48. The zero-order valence-electron chi connectivity index (χ0n) is 10.7. The van der Waals surface area contributed by atoms with Gasteiger partial charge in [-0.3, -0.25) is 4.79 Å². The molecule has 0 spiro atoms. The van der Waals surface area contributed by atoms with Crippen LogP contribution in [-0.2, 0) is 4.79 Å². The number of likely N-dealkylation sites (N-methyl/N-ethyl adjacent to an activating group) is 1. The molecule has 1 saturated carbocycles. The molecule has 1 N–H and O–H groups in total. The van der Waals surface area contributed by atoms with Crippen LogP contribution in [0.1, 0.15) is 41.8 Å². The normalized spacial score (nSPS) is 18.0. The molecule has 0 atom stereocenters. The number of amides is 1. The molecule has 1 fully saturated rings. The zero-order chi connectivity index (χ0) is 14.0. The van der Waals surface area contributed by atoms with Gasteiger partial charge in [-0.15, -0.1) is 11.3 Å². The van der Waals surface area contributed by atoms with Crippen LogP contribution in [0.4, 0.5) is 0 Å². The first kappa shape index (κ1) is 14.5. The Kier molecular flexibility index (Phi) is 4.30. The topological polar surface area (TPSA) is 57.6 Å². The van der Waals surface area contributed by atoms with Crippen molar-refractivity contribution in [2.45, 2.75) is 37.6 Å². The first-order chi connectivity index (χ1) is 8.97. The Bertz CT molecular complexity index is 494. The first-order valence-electron chi connectivity index (χ1n) is 6.23. The Morgan fingerprint density at radius 2 is 2.00 bits per heavy atom. The number of nitrogens with zero attached hydrogens (tertiary/aromatic N) is 1. The number of hydrogen-bond donors (Lipinski definition) is 1. The van der Waals surface area contributed by atoms with Crippen LogP contribution < -0.4 is 0 Å². The smallest absolute Gasteiger partial charge is 0.329 e. The highest BCUT2D eigenvalue weighted by atomic mass is 79.9. The van der Waals surface area contributed by atoms with Crippen LogP contribution in [0, 0.1) is 0 Å². The molecule has 0 radical (unpaired) electrons. The van der Waals surface area contributed by atoms with E-state index in [9.17, 15) is 14.7 Å². The van der Waals surface area contributed by atoms with Crippen LogP contribution in [0.25, 0.3) is 0 Å². The Morgan fingerprint density at radius 1 is 1.37 bits per heavy atom. The average Bonchev–Trinajstić information content (AvgIpc) is 2.84. The van der Waals surface area contributed by atoms with Crippen molar-refractivity contribution in [2.75, 3.05) is 7.05 Å². The van der Waals surface area contributed by atoms with Crippen molar-refractivity contribution < 1.29 is 14.7 Å². The number of thiophene rings is 1. The maximum absolute atomic E-state index is 12.4. The molecule has 2 rings (SSSR count). The molecule has 19 heavy (non-hydrogen) atoms. The molecule has 1 aliphatic rings. The lowest BCUT2D eigenvalue weighted by atomic mass is 9.80. The molecule has 6 heteroatoms. The van der Waals surface area contributed by atoms with Crippen LogP contribution in [0.15, 0.2) is 15.9 Å². The van der Waals surface area contributed by atoms with E-state index in [0.29, 0.717) is 17.7 Å². The lowest BCUT2D eigenvalue weighted by Crippen LogP contribution is -2.56. The summed E-state index contributed by atoms with van der Waals surface area (Å²) in [5, 5.41) is 11.4. The number of carbonyl (C=O) groups is 2. The molecule has 1 aliphatic carbocycles. The second-order valence-corrected chi connectivity index (χ2v) is 6.72. The van der Waals surface area contributed by atoms with E-state index in [-0.39, 0.29) is 5.91 Å². The van der Waals surface area contributed by atoms with Crippen LogP contribution in [0.3, 0.4) is 0 Å². The Labute approximate surface area is 124 Å². The van der Waals surface area contributed by atoms with Crippen molar-refractivity contribution in [1.82, 2.24) is 4.90 Å². The minimum absolute atomic E-state index is 0.208. The number of carboxylic acids is 1. The van der Waals surface area contributed by atoms with E-state index in [4.69, 9.17) is 0 Å². The predicted molar refractivity (Wildman–Crippen MR) is 77.6 cm³/mol. The molecule has 0 saturated heterocycles. The Balaban J connectivity index is 2.27. The molecule has 1 amide bonds. The van der Waals surface area contributed by atoms with E-state index < -0.39 is 11.5 Å². The van der Waals surface area contributed by atoms with E-state index in [1.165, 1.54) is 16.2 Å². The Morgan fingerprint density at radius 3 is 2.47 bits per heavy atom. The van der Waals surface area contributed by atoms with Crippen molar-refractivity contribution in [2.24, 2.45) is 0 Å². The van der Waals surface area contributed by atoms with Gasteiger partial charge in [-0.25, -0.2) is 4.79 Å². The van der Waals surface area contributed by atoms with Gasteiger partial charge in [0.1, 0.15) is 5.54 Å². The van der Waals surface area contributed by atoms with Gasteiger partial charge in [0, 0.05) is 16.9 Å². The van der Waals surface area contributed by atoms with Gasteiger partial charge in [0.25, 0.3) is 5.91 Å². The minimum Gasteiger partial charge on any atom is -0.479 e. The summed E-state index contributed by atoms with van der Waals surface area (Å²) in [6.07, 6.45) is 3.84. The predicted octanol–water partition coefficient (Wildman–Crippen LogP) is 3.37. The molecule has 1 aromatic rings. The van der Waals surface area contributed by atoms with Crippen molar-refractivity contribution >= 4 is 39.1 Å². The maximum atomic E-state index is 12.4. The average molecular weight is 346 g/mol. The van der Waals surface area contributed by atoms with E-state index in [2.05, 4.69) is 15.9 Å². The molecule has 0 aliphatic heterocycles. The largest absolute Gasteiger partial charge is 0.479 e. The lowest BCUT2D eigenvalue weighted by Gasteiger charge is -2.40. The summed E-state index contributed by atoms with van der Waals surface area (Å²) in [7, 11) is 1.61. The van der Waals surface area contributed by atoms with Gasteiger partial charge in [0.2, 0.25) is 0 Å². The molecule has 1 aromatic heterocycles. The molecule has 104 valence electrons. The fraction of sp³-hybridized carbons (Fsp3) is 0.538. The zero-order valence-corrected chi connectivity index (χ0v) is 13.1.